The van der Waals surface area contributed by atoms with Crippen molar-refractivity contribution in [3.63, 3.8) is 0 Å². The normalized spacial score (nSPS) is 27.5. The van der Waals surface area contributed by atoms with E-state index in [1.54, 1.807) is 24.1 Å². The van der Waals surface area contributed by atoms with E-state index in [1.807, 2.05) is 9.80 Å². The summed E-state index contributed by atoms with van der Waals surface area (Å²) in [5, 5.41) is 11.6. The van der Waals surface area contributed by atoms with Gasteiger partial charge >= 0.3 is 11.8 Å². The van der Waals surface area contributed by atoms with Crippen LogP contribution in [0.1, 0.15) is 44.1 Å². The number of carbonyl (C=O) groups is 2. The monoisotopic (exact) mass is 443 g/mol. The number of nitrogens with zero attached hydrogens (tertiary/aromatic N) is 5. The fourth-order valence-corrected chi connectivity index (χ4v) is 5.51. The number of aryl methyl sites for hydroxylation is 1. The summed E-state index contributed by atoms with van der Waals surface area (Å²) < 4.78 is 5.63. The van der Waals surface area contributed by atoms with Gasteiger partial charge in [0, 0.05) is 37.8 Å². The second kappa shape index (κ2) is 8.22. The van der Waals surface area contributed by atoms with Crippen LogP contribution in [0.15, 0.2) is 12.3 Å². The fraction of sp³-hybridized carbons (Fsp3) is 0.682. The van der Waals surface area contributed by atoms with Crippen molar-refractivity contribution in [2.75, 3.05) is 31.1 Å². The summed E-state index contributed by atoms with van der Waals surface area (Å²) in [7, 11) is 0. The zero-order chi connectivity index (χ0) is 22.4. The molecule has 0 N–H and O–H groups in total. The second-order valence-corrected chi connectivity index (χ2v) is 9.48. The van der Waals surface area contributed by atoms with E-state index in [4.69, 9.17) is 4.74 Å². The molecule has 172 valence electrons. The van der Waals surface area contributed by atoms with Crippen LogP contribution in [0.2, 0.25) is 0 Å². The van der Waals surface area contributed by atoms with E-state index >= 15 is 0 Å². The molecule has 2 amide bonds. The number of carbonyl (C=O) groups excluding carboxylic acids is 2. The molecular formula is C22H29N5O5. The minimum Gasteiger partial charge on any atom is -0.442 e. The summed E-state index contributed by atoms with van der Waals surface area (Å²) in [6.45, 7) is 3.69. The van der Waals surface area contributed by atoms with Crippen LogP contribution in [0.4, 0.5) is 16.3 Å². The molecule has 1 unspecified atom stereocenters. The van der Waals surface area contributed by atoms with E-state index in [-0.39, 0.29) is 35.9 Å². The van der Waals surface area contributed by atoms with Crippen LogP contribution in [0.25, 0.3) is 0 Å². The number of anilines is 1. The Morgan fingerprint density at radius 3 is 2.81 bits per heavy atom. The lowest BCUT2D eigenvalue weighted by Gasteiger charge is -2.28. The molecule has 1 aliphatic carbocycles. The van der Waals surface area contributed by atoms with Crippen molar-refractivity contribution < 1.29 is 19.2 Å². The molecule has 4 aliphatic rings. The molecule has 1 saturated carbocycles. The first-order chi connectivity index (χ1) is 15.4. The van der Waals surface area contributed by atoms with Gasteiger partial charge in [0.15, 0.2) is 0 Å². The van der Waals surface area contributed by atoms with E-state index in [9.17, 15) is 19.7 Å². The number of pyridine rings is 1. The standard InChI is InChI=1S/C22H29N5O5/c1-14-7-9-23-21(20(14)27(30)31)25-12-17-18(13-25)32-22(29)26(17)16-8-10-24(11-16)19(28)6-5-15-3-2-4-15/h7,9,15-18H,2-6,8,10-13H2,1H3/t16?,17-,18+/m1/s1. The number of amides is 2. The summed E-state index contributed by atoms with van der Waals surface area (Å²) in [6, 6.07) is 1.35. The van der Waals surface area contributed by atoms with Gasteiger partial charge in [-0.25, -0.2) is 9.78 Å². The average Bonchev–Trinajstić information content (AvgIpc) is 3.40. The van der Waals surface area contributed by atoms with Gasteiger partial charge in [-0.1, -0.05) is 19.3 Å². The van der Waals surface area contributed by atoms with Gasteiger partial charge in [-0.3, -0.25) is 19.8 Å². The van der Waals surface area contributed by atoms with Crippen molar-refractivity contribution >= 4 is 23.5 Å². The number of likely N-dealkylation sites (tertiary alicyclic amines) is 1. The Morgan fingerprint density at radius 2 is 2.09 bits per heavy atom. The number of hydrogen-bond acceptors (Lipinski definition) is 7. The highest BCUT2D eigenvalue weighted by molar-refractivity contribution is 5.77. The Balaban J connectivity index is 1.25. The maximum Gasteiger partial charge on any atom is 0.410 e. The Hall–Kier alpha value is -2.91. The van der Waals surface area contributed by atoms with Crippen LogP contribution >= 0.6 is 0 Å². The predicted molar refractivity (Wildman–Crippen MR) is 115 cm³/mol. The zero-order valence-electron chi connectivity index (χ0n) is 18.3. The van der Waals surface area contributed by atoms with Gasteiger partial charge in [-0.15, -0.1) is 0 Å². The lowest BCUT2D eigenvalue weighted by atomic mass is 9.82. The molecule has 0 radical (unpaired) electrons. The molecule has 0 aromatic carbocycles. The minimum atomic E-state index is -0.403. The summed E-state index contributed by atoms with van der Waals surface area (Å²) in [5.41, 5.74) is 0.548. The number of ether oxygens (including phenoxy) is 1. The Kier molecular flexibility index (Phi) is 5.38. The van der Waals surface area contributed by atoms with Crippen LogP contribution < -0.4 is 4.90 Å². The van der Waals surface area contributed by atoms with E-state index in [0.717, 1.165) is 12.8 Å². The molecule has 10 heteroatoms. The first-order valence-electron chi connectivity index (χ1n) is 11.5. The quantitative estimate of drug-likeness (QED) is 0.491. The number of hydrogen-bond donors (Lipinski definition) is 0. The van der Waals surface area contributed by atoms with Crippen LogP contribution in [-0.2, 0) is 9.53 Å². The van der Waals surface area contributed by atoms with Crippen molar-refractivity contribution in [1.29, 1.82) is 0 Å². The number of fused-ring (bicyclic) bond motifs is 1. The van der Waals surface area contributed by atoms with Gasteiger partial charge in [0.05, 0.1) is 23.6 Å². The maximum atomic E-state index is 12.6. The second-order valence-electron chi connectivity index (χ2n) is 9.48. The topological polar surface area (TPSA) is 109 Å². The van der Waals surface area contributed by atoms with E-state index in [0.29, 0.717) is 49.9 Å². The summed E-state index contributed by atoms with van der Waals surface area (Å²) >= 11 is 0. The third-order valence-electron chi connectivity index (χ3n) is 7.55. The summed E-state index contributed by atoms with van der Waals surface area (Å²) in [5.74, 6) is 1.20. The largest absolute Gasteiger partial charge is 0.442 e. The lowest BCUT2D eigenvalue weighted by Crippen LogP contribution is -2.46. The van der Waals surface area contributed by atoms with Crippen LogP contribution in [-0.4, -0.2) is 76.1 Å². The van der Waals surface area contributed by atoms with Gasteiger partial charge in [0.2, 0.25) is 11.7 Å². The first kappa shape index (κ1) is 21.0. The summed E-state index contributed by atoms with van der Waals surface area (Å²) in [6.07, 6.45) is 6.91. The smallest absolute Gasteiger partial charge is 0.410 e. The van der Waals surface area contributed by atoms with Gasteiger partial charge < -0.3 is 14.5 Å². The first-order valence-corrected chi connectivity index (χ1v) is 11.5. The molecule has 0 bridgehead atoms. The SMILES string of the molecule is Cc1ccnc(N2C[C@@H]3OC(=O)N(C4CCN(C(=O)CCC5CCC5)C4)[C@@H]3C2)c1[N+](=O)[O-]. The minimum absolute atomic E-state index is 0.00514. The Morgan fingerprint density at radius 1 is 1.28 bits per heavy atom. The molecule has 3 aliphatic heterocycles. The van der Waals surface area contributed by atoms with E-state index in [2.05, 4.69) is 4.98 Å². The molecular weight excluding hydrogens is 414 g/mol. The van der Waals surface area contributed by atoms with Crippen LogP contribution in [0.5, 0.6) is 0 Å². The number of aromatic nitrogens is 1. The third-order valence-corrected chi connectivity index (χ3v) is 7.55. The van der Waals surface area contributed by atoms with Crippen molar-refractivity contribution in [2.45, 2.75) is 63.6 Å². The highest BCUT2D eigenvalue weighted by atomic mass is 16.6. The molecule has 1 aromatic rings. The van der Waals surface area contributed by atoms with Gasteiger partial charge in [-0.2, -0.15) is 0 Å². The molecule has 1 aromatic heterocycles. The summed E-state index contributed by atoms with van der Waals surface area (Å²) in [4.78, 5) is 46.2. The van der Waals surface area contributed by atoms with Crippen molar-refractivity contribution in [2.24, 2.45) is 5.92 Å². The van der Waals surface area contributed by atoms with Crippen molar-refractivity contribution in [1.82, 2.24) is 14.8 Å². The molecule has 4 fully saturated rings. The van der Waals surface area contributed by atoms with Crippen molar-refractivity contribution in [3.8, 4) is 0 Å². The lowest BCUT2D eigenvalue weighted by molar-refractivity contribution is -0.384. The highest BCUT2D eigenvalue weighted by Gasteiger charge is 2.52. The van der Waals surface area contributed by atoms with Gasteiger partial charge in [0.1, 0.15) is 6.10 Å². The van der Waals surface area contributed by atoms with Crippen LogP contribution in [0, 0.1) is 23.0 Å². The maximum absolute atomic E-state index is 12.6. The molecule has 32 heavy (non-hydrogen) atoms. The van der Waals surface area contributed by atoms with Crippen LogP contribution in [0.3, 0.4) is 0 Å². The predicted octanol–water partition coefficient (Wildman–Crippen LogP) is 2.49. The number of rotatable bonds is 6. The molecule has 5 rings (SSSR count). The highest BCUT2D eigenvalue weighted by Crippen LogP contribution is 2.37. The van der Waals surface area contributed by atoms with Gasteiger partial charge in [0.25, 0.3) is 0 Å². The van der Waals surface area contributed by atoms with Crippen molar-refractivity contribution in [3.05, 3.63) is 27.9 Å². The Bertz CT molecular complexity index is 935. The molecule has 10 nitrogen and oxygen atoms in total. The molecule has 3 atom stereocenters. The van der Waals surface area contributed by atoms with E-state index in [1.165, 1.54) is 19.3 Å². The van der Waals surface area contributed by atoms with Gasteiger partial charge in [-0.05, 0) is 31.7 Å². The molecule has 0 spiro atoms. The average molecular weight is 444 g/mol. The third kappa shape index (κ3) is 3.65. The molecule has 3 saturated heterocycles. The van der Waals surface area contributed by atoms with E-state index < -0.39 is 4.92 Å². The molecule has 4 heterocycles. The number of nitro groups is 1. The zero-order valence-corrected chi connectivity index (χ0v) is 18.3. The Labute approximate surface area is 186 Å². The fourth-order valence-electron chi connectivity index (χ4n) is 5.51.